The van der Waals surface area contributed by atoms with E-state index >= 15 is 0 Å². The zero-order valence-electron chi connectivity index (χ0n) is 14.7. The number of benzene rings is 1. The van der Waals surface area contributed by atoms with Gasteiger partial charge < -0.3 is 10.1 Å². The standard InChI is InChI=1S/C19H22BrN3O3/c1-2-10-23-17(24)7-6-16(22-23)18(25)21-19(8-11-26-12-9-19)14-4-3-5-15(20)13-14/h3-7,13H,2,8-12H2,1H3,(H,21,25). The zero-order valence-corrected chi connectivity index (χ0v) is 16.3. The van der Waals surface area contributed by atoms with Gasteiger partial charge in [0.1, 0.15) is 5.69 Å². The molecule has 2 aromatic rings. The van der Waals surface area contributed by atoms with Gasteiger partial charge >= 0.3 is 0 Å². The molecule has 1 aromatic carbocycles. The first-order chi connectivity index (χ1) is 12.5. The molecule has 0 unspecified atom stereocenters. The molecular weight excluding hydrogens is 398 g/mol. The molecule has 1 aliphatic heterocycles. The predicted molar refractivity (Wildman–Crippen MR) is 102 cm³/mol. The van der Waals surface area contributed by atoms with Crippen molar-refractivity contribution in [2.45, 2.75) is 38.3 Å². The van der Waals surface area contributed by atoms with Gasteiger partial charge in [0.2, 0.25) is 0 Å². The average Bonchev–Trinajstić information content (AvgIpc) is 2.64. The highest BCUT2D eigenvalue weighted by Crippen LogP contribution is 2.33. The van der Waals surface area contributed by atoms with Crippen LogP contribution in [0.2, 0.25) is 0 Å². The van der Waals surface area contributed by atoms with E-state index in [1.165, 1.54) is 16.8 Å². The maximum absolute atomic E-state index is 12.9. The Hall–Kier alpha value is -1.99. The molecule has 0 atom stereocenters. The van der Waals surface area contributed by atoms with Gasteiger partial charge in [-0.15, -0.1) is 0 Å². The van der Waals surface area contributed by atoms with Crippen LogP contribution in [0, 0.1) is 0 Å². The van der Waals surface area contributed by atoms with E-state index in [4.69, 9.17) is 4.74 Å². The van der Waals surface area contributed by atoms with Gasteiger partial charge in [0.05, 0.1) is 5.54 Å². The second-order valence-corrected chi connectivity index (χ2v) is 7.35. The van der Waals surface area contributed by atoms with Crippen LogP contribution in [0.5, 0.6) is 0 Å². The first kappa shape index (κ1) is 18.8. The monoisotopic (exact) mass is 419 g/mol. The number of ether oxygens (including phenoxy) is 1. The fourth-order valence-corrected chi connectivity index (χ4v) is 3.61. The number of nitrogens with zero attached hydrogens (tertiary/aromatic N) is 2. The lowest BCUT2D eigenvalue weighted by Crippen LogP contribution is -2.50. The van der Waals surface area contributed by atoms with Crippen molar-refractivity contribution in [3.05, 3.63) is 62.5 Å². The Kier molecular flexibility index (Phi) is 5.88. The number of carbonyl (C=O) groups is 1. The first-order valence-corrected chi connectivity index (χ1v) is 9.58. The van der Waals surface area contributed by atoms with E-state index in [0.29, 0.717) is 32.6 Å². The molecule has 0 radical (unpaired) electrons. The number of nitrogens with one attached hydrogen (secondary N) is 1. The van der Waals surface area contributed by atoms with Crippen molar-refractivity contribution in [3.8, 4) is 0 Å². The number of amides is 1. The van der Waals surface area contributed by atoms with E-state index < -0.39 is 5.54 Å². The third kappa shape index (κ3) is 4.04. The van der Waals surface area contributed by atoms with Gasteiger partial charge in [-0.05, 0) is 43.0 Å². The van der Waals surface area contributed by atoms with Crippen molar-refractivity contribution in [3.63, 3.8) is 0 Å². The minimum Gasteiger partial charge on any atom is -0.381 e. The summed E-state index contributed by atoms with van der Waals surface area (Å²) in [7, 11) is 0. The highest BCUT2D eigenvalue weighted by molar-refractivity contribution is 9.10. The van der Waals surface area contributed by atoms with Crippen LogP contribution >= 0.6 is 15.9 Å². The van der Waals surface area contributed by atoms with E-state index in [1.54, 1.807) is 0 Å². The minimum atomic E-state index is -0.507. The zero-order chi connectivity index (χ0) is 18.6. The van der Waals surface area contributed by atoms with Gasteiger partial charge in [-0.1, -0.05) is 35.0 Å². The Labute approximate surface area is 160 Å². The molecule has 1 fully saturated rings. The van der Waals surface area contributed by atoms with Crippen LogP contribution in [0.3, 0.4) is 0 Å². The van der Waals surface area contributed by atoms with Crippen molar-refractivity contribution in [1.82, 2.24) is 15.1 Å². The molecule has 0 saturated carbocycles. The third-order valence-corrected chi connectivity index (χ3v) is 5.10. The molecule has 3 rings (SSSR count). The lowest BCUT2D eigenvalue weighted by atomic mass is 9.82. The third-order valence-electron chi connectivity index (χ3n) is 4.61. The number of carbonyl (C=O) groups excluding carboxylic acids is 1. The molecule has 1 aromatic heterocycles. The van der Waals surface area contributed by atoms with E-state index in [0.717, 1.165) is 16.5 Å². The van der Waals surface area contributed by atoms with Crippen LogP contribution < -0.4 is 10.9 Å². The molecule has 0 spiro atoms. The summed E-state index contributed by atoms with van der Waals surface area (Å²) < 4.78 is 7.81. The molecule has 2 heterocycles. The number of hydrogen-bond donors (Lipinski definition) is 1. The molecular formula is C19H22BrN3O3. The van der Waals surface area contributed by atoms with E-state index in [-0.39, 0.29) is 17.2 Å². The van der Waals surface area contributed by atoms with E-state index in [9.17, 15) is 9.59 Å². The lowest BCUT2D eigenvalue weighted by Gasteiger charge is -2.38. The Morgan fingerprint density at radius 3 is 2.77 bits per heavy atom. The fraction of sp³-hybridized carbons (Fsp3) is 0.421. The molecule has 26 heavy (non-hydrogen) atoms. The van der Waals surface area contributed by atoms with Crippen molar-refractivity contribution in [2.75, 3.05) is 13.2 Å². The number of aromatic nitrogens is 2. The lowest BCUT2D eigenvalue weighted by molar-refractivity contribution is 0.0343. The molecule has 138 valence electrons. The summed E-state index contributed by atoms with van der Waals surface area (Å²) in [5.41, 5.74) is 0.576. The van der Waals surface area contributed by atoms with Crippen LogP contribution in [-0.2, 0) is 16.8 Å². The largest absolute Gasteiger partial charge is 0.381 e. The Morgan fingerprint density at radius 1 is 1.31 bits per heavy atom. The highest BCUT2D eigenvalue weighted by Gasteiger charge is 2.36. The topological polar surface area (TPSA) is 73.2 Å². The van der Waals surface area contributed by atoms with Gasteiger partial charge in [0, 0.05) is 30.3 Å². The Balaban J connectivity index is 1.91. The fourth-order valence-electron chi connectivity index (χ4n) is 3.22. The van der Waals surface area contributed by atoms with E-state index in [1.807, 2.05) is 31.2 Å². The molecule has 7 heteroatoms. The van der Waals surface area contributed by atoms with Crippen LogP contribution in [0.15, 0.2) is 45.7 Å². The maximum Gasteiger partial charge on any atom is 0.272 e. The summed E-state index contributed by atoms with van der Waals surface area (Å²) in [5.74, 6) is -0.281. The Bertz CT molecular complexity index is 844. The average molecular weight is 420 g/mol. The molecule has 1 N–H and O–H groups in total. The number of rotatable bonds is 5. The SMILES string of the molecule is CCCn1nc(C(=O)NC2(c3cccc(Br)c3)CCOCC2)ccc1=O. The minimum absolute atomic E-state index is 0.198. The van der Waals surface area contributed by atoms with Crippen LogP contribution in [-0.4, -0.2) is 28.9 Å². The number of hydrogen-bond acceptors (Lipinski definition) is 4. The van der Waals surface area contributed by atoms with Gasteiger partial charge in [-0.3, -0.25) is 9.59 Å². The maximum atomic E-state index is 12.9. The van der Waals surface area contributed by atoms with Crippen LogP contribution in [0.1, 0.15) is 42.2 Å². The predicted octanol–water partition coefficient (Wildman–Crippen LogP) is 2.85. The molecule has 1 amide bonds. The van der Waals surface area contributed by atoms with Crippen molar-refractivity contribution < 1.29 is 9.53 Å². The molecule has 0 bridgehead atoms. The van der Waals surface area contributed by atoms with Crippen LogP contribution in [0.25, 0.3) is 0 Å². The first-order valence-electron chi connectivity index (χ1n) is 8.78. The normalized spacial score (nSPS) is 16.2. The second kappa shape index (κ2) is 8.14. The highest BCUT2D eigenvalue weighted by atomic mass is 79.9. The van der Waals surface area contributed by atoms with Gasteiger partial charge in [-0.25, -0.2) is 4.68 Å². The Morgan fingerprint density at radius 2 is 2.08 bits per heavy atom. The van der Waals surface area contributed by atoms with E-state index in [2.05, 4.69) is 26.3 Å². The van der Waals surface area contributed by atoms with Crippen molar-refractivity contribution in [1.29, 1.82) is 0 Å². The van der Waals surface area contributed by atoms with Gasteiger partial charge in [0.25, 0.3) is 11.5 Å². The summed E-state index contributed by atoms with van der Waals surface area (Å²) >= 11 is 3.50. The summed E-state index contributed by atoms with van der Waals surface area (Å²) in [6, 6.07) is 10.8. The second-order valence-electron chi connectivity index (χ2n) is 6.44. The summed E-state index contributed by atoms with van der Waals surface area (Å²) in [4.78, 5) is 24.7. The number of halogens is 1. The van der Waals surface area contributed by atoms with Crippen molar-refractivity contribution in [2.24, 2.45) is 0 Å². The summed E-state index contributed by atoms with van der Waals surface area (Å²) in [6.07, 6.45) is 2.14. The summed E-state index contributed by atoms with van der Waals surface area (Å²) in [6.45, 7) is 3.61. The molecule has 6 nitrogen and oxygen atoms in total. The number of aryl methyl sites for hydroxylation is 1. The smallest absolute Gasteiger partial charge is 0.272 e. The summed E-state index contributed by atoms with van der Waals surface area (Å²) in [5, 5.41) is 7.38. The molecule has 1 saturated heterocycles. The van der Waals surface area contributed by atoms with Gasteiger partial charge in [0.15, 0.2) is 0 Å². The molecule has 1 aliphatic rings. The van der Waals surface area contributed by atoms with Crippen LogP contribution in [0.4, 0.5) is 0 Å². The quantitative estimate of drug-likeness (QED) is 0.808. The molecule has 0 aliphatic carbocycles. The van der Waals surface area contributed by atoms with Gasteiger partial charge in [-0.2, -0.15) is 5.10 Å². The van der Waals surface area contributed by atoms with Crippen molar-refractivity contribution >= 4 is 21.8 Å².